The lowest BCUT2D eigenvalue weighted by molar-refractivity contribution is 0.525. The van der Waals surface area contributed by atoms with Crippen molar-refractivity contribution in [2.24, 2.45) is 0 Å². The minimum atomic E-state index is -0.367. The van der Waals surface area contributed by atoms with Gasteiger partial charge in [0.05, 0.1) is 17.2 Å². The molecule has 0 saturated heterocycles. The largest absolute Gasteiger partial charge is 0.337 e. The molecule has 0 aliphatic carbocycles. The van der Waals surface area contributed by atoms with Gasteiger partial charge in [-0.25, -0.2) is 9.78 Å². The Balaban J connectivity index is 1.59. The number of imidazole rings is 1. The van der Waals surface area contributed by atoms with Gasteiger partial charge >= 0.3 is 5.69 Å². The van der Waals surface area contributed by atoms with Crippen molar-refractivity contribution >= 4 is 22.5 Å². The average molecular weight is 347 g/mol. The molecule has 6 nitrogen and oxygen atoms in total. The normalized spacial score (nSPS) is 11.2. The molecule has 0 saturated carbocycles. The Morgan fingerprint density at radius 2 is 1.88 bits per heavy atom. The zero-order chi connectivity index (χ0) is 16.9. The van der Waals surface area contributed by atoms with E-state index in [2.05, 4.69) is 9.97 Å². The topological polar surface area (TPSA) is 72.7 Å². The lowest BCUT2D eigenvalue weighted by atomic mass is 10.2. The molecule has 0 fully saturated rings. The van der Waals surface area contributed by atoms with Crippen molar-refractivity contribution in [3.8, 4) is 0 Å². The van der Waals surface area contributed by atoms with E-state index in [-0.39, 0.29) is 11.2 Å². The summed E-state index contributed by atoms with van der Waals surface area (Å²) in [6, 6.07) is 4.90. The van der Waals surface area contributed by atoms with Gasteiger partial charge in [0.15, 0.2) is 0 Å². The highest BCUT2D eigenvalue weighted by Gasteiger charge is 2.07. The van der Waals surface area contributed by atoms with E-state index in [1.54, 1.807) is 30.7 Å². The fourth-order valence-corrected chi connectivity index (χ4v) is 2.93. The number of aromatic nitrogens is 4. The van der Waals surface area contributed by atoms with Crippen molar-refractivity contribution in [2.45, 2.75) is 38.8 Å². The molecule has 0 aliphatic rings. The van der Waals surface area contributed by atoms with Crippen LogP contribution in [0.4, 0.5) is 0 Å². The van der Waals surface area contributed by atoms with Crippen LogP contribution in [0, 0.1) is 0 Å². The third-order valence-electron chi connectivity index (χ3n) is 4.05. The van der Waals surface area contributed by atoms with Gasteiger partial charge in [-0.15, -0.1) is 0 Å². The third kappa shape index (κ3) is 3.76. The zero-order valence-corrected chi connectivity index (χ0v) is 14.0. The van der Waals surface area contributed by atoms with E-state index in [9.17, 15) is 9.59 Å². The van der Waals surface area contributed by atoms with Gasteiger partial charge < -0.3 is 9.55 Å². The molecule has 1 N–H and O–H groups in total. The molecule has 3 rings (SSSR count). The molecule has 0 spiro atoms. The molecule has 0 atom stereocenters. The van der Waals surface area contributed by atoms with Crippen LogP contribution in [0.1, 0.15) is 25.7 Å². The summed E-state index contributed by atoms with van der Waals surface area (Å²) in [4.78, 5) is 31.3. The number of nitrogens with one attached hydrogen (secondary N) is 1. The quantitative estimate of drug-likeness (QED) is 0.668. The minimum Gasteiger partial charge on any atom is -0.337 e. The highest BCUT2D eigenvalue weighted by Crippen LogP contribution is 2.13. The predicted molar refractivity (Wildman–Crippen MR) is 94.5 cm³/mol. The highest BCUT2D eigenvalue weighted by atomic mass is 35.5. The maximum absolute atomic E-state index is 12.5. The first-order valence-electron chi connectivity index (χ1n) is 8.03. The number of aryl methyl sites for hydroxylation is 1. The molecule has 0 aliphatic heterocycles. The maximum atomic E-state index is 12.5. The van der Waals surface area contributed by atoms with E-state index < -0.39 is 0 Å². The number of hydrogen-bond acceptors (Lipinski definition) is 3. The summed E-state index contributed by atoms with van der Waals surface area (Å²) in [5, 5.41) is 0.930. The smallest absolute Gasteiger partial charge is 0.328 e. The fourth-order valence-electron chi connectivity index (χ4n) is 2.76. The number of unbranched alkanes of at least 4 members (excludes halogenated alkanes) is 3. The van der Waals surface area contributed by atoms with Gasteiger partial charge in [-0.2, -0.15) is 0 Å². The Kier molecular flexibility index (Phi) is 5.15. The summed E-state index contributed by atoms with van der Waals surface area (Å²) < 4.78 is 3.30. The Bertz CT molecular complexity index is 928. The van der Waals surface area contributed by atoms with E-state index in [1.165, 1.54) is 4.57 Å². The van der Waals surface area contributed by atoms with Crippen LogP contribution in [-0.4, -0.2) is 19.1 Å². The van der Waals surface area contributed by atoms with E-state index >= 15 is 0 Å². The van der Waals surface area contributed by atoms with E-state index in [0.717, 1.165) is 32.2 Å². The molecule has 0 radical (unpaired) electrons. The predicted octanol–water partition coefficient (Wildman–Crippen LogP) is 2.80. The van der Waals surface area contributed by atoms with E-state index in [1.807, 2.05) is 10.8 Å². The van der Waals surface area contributed by atoms with Crippen LogP contribution in [-0.2, 0) is 13.1 Å². The van der Waals surface area contributed by atoms with Crippen LogP contribution in [0.3, 0.4) is 0 Å². The molecule has 7 heteroatoms. The van der Waals surface area contributed by atoms with Crippen LogP contribution in [0.2, 0.25) is 5.02 Å². The van der Waals surface area contributed by atoms with Crippen LogP contribution < -0.4 is 11.2 Å². The first kappa shape index (κ1) is 16.5. The number of halogens is 1. The lowest BCUT2D eigenvalue weighted by Gasteiger charge is -2.07. The van der Waals surface area contributed by atoms with Crippen LogP contribution in [0.5, 0.6) is 0 Å². The Labute approximate surface area is 143 Å². The second kappa shape index (κ2) is 7.49. The SMILES string of the molecule is O=c1[nH]c2ccc(Cl)cc2c(=O)n1CCCCCCn1ccnc1. The van der Waals surface area contributed by atoms with Crippen molar-refractivity contribution in [2.75, 3.05) is 0 Å². The van der Waals surface area contributed by atoms with Gasteiger partial charge in [0.2, 0.25) is 0 Å². The van der Waals surface area contributed by atoms with E-state index in [0.29, 0.717) is 22.5 Å². The molecular weight excluding hydrogens is 328 g/mol. The molecule has 126 valence electrons. The molecule has 1 aromatic carbocycles. The van der Waals surface area contributed by atoms with Gasteiger partial charge in [-0.3, -0.25) is 9.36 Å². The van der Waals surface area contributed by atoms with Gasteiger partial charge in [-0.05, 0) is 31.0 Å². The summed E-state index contributed by atoms with van der Waals surface area (Å²) in [6.07, 6.45) is 9.37. The minimum absolute atomic E-state index is 0.283. The van der Waals surface area contributed by atoms with Crippen molar-refractivity contribution in [1.82, 2.24) is 19.1 Å². The summed E-state index contributed by atoms with van der Waals surface area (Å²) >= 11 is 5.94. The van der Waals surface area contributed by atoms with Crippen molar-refractivity contribution in [3.63, 3.8) is 0 Å². The monoisotopic (exact) mass is 346 g/mol. The van der Waals surface area contributed by atoms with Crippen molar-refractivity contribution in [3.05, 3.63) is 62.8 Å². The molecule has 3 aromatic rings. The molecule has 0 bridgehead atoms. The molecule has 2 aromatic heterocycles. The summed E-state index contributed by atoms with van der Waals surface area (Å²) in [7, 11) is 0. The first-order chi connectivity index (χ1) is 11.6. The summed E-state index contributed by atoms with van der Waals surface area (Å²) in [6.45, 7) is 1.36. The van der Waals surface area contributed by atoms with Crippen molar-refractivity contribution in [1.29, 1.82) is 0 Å². The Morgan fingerprint density at radius 1 is 1.08 bits per heavy atom. The average Bonchev–Trinajstić information content (AvgIpc) is 3.07. The lowest BCUT2D eigenvalue weighted by Crippen LogP contribution is -2.35. The van der Waals surface area contributed by atoms with Gasteiger partial charge in [0.25, 0.3) is 5.56 Å². The van der Waals surface area contributed by atoms with Gasteiger partial charge in [0, 0.05) is 30.5 Å². The second-order valence-corrected chi connectivity index (χ2v) is 6.23. The van der Waals surface area contributed by atoms with Crippen molar-refractivity contribution < 1.29 is 0 Å². The molecule has 0 amide bonds. The molecule has 2 heterocycles. The number of fused-ring (bicyclic) bond motifs is 1. The first-order valence-corrected chi connectivity index (χ1v) is 8.41. The second-order valence-electron chi connectivity index (χ2n) is 5.79. The van der Waals surface area contributed by atoms with E-state index in [4.69, 9.17) is 11.6 Å². The summed E-state index contributed by atoms with van der Waals surface area (Å²) in [5.74, 6) is 0. The Morgan fingerprint density at radius 3 is 2.62 bits per heavy atom. The third-order valence-corrected chi connectivity index (χ3v) is 4.29. The highest BCUT2D eigenvalue weighted by molar-refractivity contribution is 6.31. The fraction of sp³-hybridized carbons (Fsp3) is 0.353. The molecule has 0 unspecified atom stereocenters. The molecule has 24 heavy (non-hydrogen) atoms. The maximum Gasteiger partial charge on any atom is 0.328 e. The number of nitrogens with zero attached hydrogens (tertiary/aromatic N) is 3. The zero-order valence-electron chi connectivity index (χ0n) is 13.2. The standard InChI is InChI=1S/C17H19ClN4O2/c18-13-5-6-15-14(11-13)16(23)22(17(24)20-15)9-4-2-1-3-8-21-10-7-19-12-21/h5-7,10-12H,1-4,8-9H2,(H,20,24). The number of hydrogen-bond donors (Lipinski definition) is 1. The van der Waals surface area contributed by atoms with Crippen LogP contribution >= 0.6 is 11.6 Å². The summed E-state index contributed by atoms with van der Waals surface area (Å²) in [5.41, 5.74) is -0.131. The molecular formula is C17H19ClN4O2. The number of benzene rings is 1. The number of H-pyrrole nitrogens is 1. The van der Waals surface area contributed by atoms with Gasteiger partial charge in [-0.1, -0.05) is 24.4 Å². The number of aromatic amines is 1. The number of rotatable bonds is 7. The van der Waals surface area contributed by atoms with Gasteiger partial charge in [0.1, 0.15) is 0 Å². The Hall–Kier alpha value is -2.34. The van der Waals surface area contributed by atoms with Crippen LogP contribution in [0.25, 0.3) is 10.9 Å². The van der Waals surface area contributed by atoms with Crippen LogP contribution in [0.15, 0.2) is 46.5 Å².